The summed E-state index contributed by atoms with van der Waals surface area (Å²) in [5, 5.41) is 9.31. The van der Waals surface area contributed by atoms with E-state index in [0.717, 1.165) is 19.3 Å². The average Bonchev–Trinajstić information content (AvgIpc) is 1.77. The Bertz CT molecular complexity index is 101. The van der Waals surface area contributed by atoms with Gasteiger partial charge in [0.1, 0.15) is 0 Å². The zero-order valence-electron chi connectivity index (χ0n) is 5.93. The lowest BCUT2D eigenvalue weighted by Crippen LogP contribution is -2.49. The maximum atomic E-state index is 9.31. The second-order valence-corrected chi connectivity index (χ2v) is 3.27. The summed E-state index contributed by atoms with van der Waals surface area (Å²) in [6.07, 6.45) is 3.88. The molecule has 1 aliphatic rings. The molecule has 1 saturated carbocycles. The maximum absolute atomic E-state index is 9.31. The van der Waals surface area contributed by atoms with Gasteiger partial charge in [-0.15, -0.1) is 0 Å². The second-order valence-electron chi connectivity index (χ2n) is 3.27. The molecule has 54 valence electrons. The molecule has 0 aromatic carbocycles. The van der Waals surface area contributed by atoms with Crippen LogP contribution in [0, 0.1) is 0 Å². The van der Waals surface area contributed by atoms with Crippen LogP contribution in [0.2, 0.25) is 0 Å². The van der Waals surface area contributed by atoms with Crippen molar-refractivity contribution >= 4 is 0 Å². The Kier molecular flexibility index (Phi) is 1.78. The van der Waals surface area contributed by atoms with E-state index in [9.17, 15) is 5.11 Å². The smallest absolute Gasteiger partial charge is 0.0716 e. The Balaban J connectivity index is 2.49. The summed E-state index contributed by atoms with van der Waals surface area (Å²) in [5.41, 5.74) is 5.46. The number of hydrogen-bond donors (Lipinski definition) is 2. The molecule has 0 radical (unpaired) electrons. The minimum absolute atomic E-state index is 0.272. The molecule has 0 saturated heterocycles. The molecule has 1 aliphatic carbocycles. The Morgan fingerprint density at radius 3 is 2.56 bits per heavy atom. The van der Waals surface area contributed by atoms with E-state index in [0.29, 0.717) is 0 Å². The fourth-order valence-corrected chi connectivity index (χ4v) is 1.34. The van der Waals surface area contributed by atoms with Crippen LogP contribution in [-0.4, -0.2) is 16.7 Å². The van der Waals surface area contributed by atoms with Crippen LogP contribution in [-0.2, 0) is 0 Å². The standard InChI is InChI=1S/C7H15NO/c1-7(8)5-3-2-4-6(7)9/h6,9H,2-5,8H2,1H3/t6-,7+/m1/s1. The highest BCUT2D eigenvalue weighted by atomic mass is 16.3. The Labute approximate surface area is 56.1 Å². The first-order valence-corrected chi connectivity index (χ1v) is 3.60. The van der Waals surface area contributed by atoms with Gasteiger partial charge in [-0.1, -0.05) is 12.8 Å². The van der Waals surface area contributed by atoms with Gasteiger partial charge in [0, 0.05) is 5.54 Å². The summed E-state index contributed by atoms with van der Waals surface area (Å²) < 4.78 is 0. The first kappa shape index (κ1) is 7.03. The Morgan fingerprint density at radius 2 is 2.22 bits per heavy atom. The van der Waals surface area contributed by atoms with Crippen LogP contribution in [0.25, 0.3) is 0 Å². The van der Waals surface area contributed by atoms with Gasteiger partial charge >= 0.3 is 0 Å². The summed E-state index contributed by atoms with van der Waals surface area (Å²) in [7, 11) is 0. The van der Waals surface area contributed by atoms with Crippen molar-refractivity contribution in [2.45, 2.75) is 44.2 Å². The number of aliphatic hydroxyl groups is 1. The molecule has 1 fully saturated rings. The van der Waals surface area contributed by atoms with Crippen molar-refractivity contribution in [2.75, 3.05) is 0 Å². The third-order valence-corrected chi connectivity index (χ3v) is 2.20. The third-order valence-electron chi connectivity index (χ3n) is 2.20. The normalized spacial score (nSPS) is 45.0. The van der Waals surface area contributed by atoms with Crippen molar-refractivity contribution in [3.63, 3.8) is 0 Å². The lowest BCUT2D eigenvalue weighted by atomic mass is 9.82. The van der Waals surface area contributed by atoms with Crippen molar-refractivity contribution in [1.82, 2.24) is 0 Å². The minimum atomic E-state index is -0.307. The molecule has 0 unspecified atom stereocenters. The molecule has 1 rings (SSSR count). The van der Waals surface area contributed by atoms with Crippen molar-refractivity contribution in [3.8, 4) is 0 Å². The van der Waals surface area contributed by atoms with E-state index >= 15 is 0 Å². The van der Waals surface area contributed by atoms with Gasteiger partial charge in [-0.25, -0.2) is 0 Å². The van der Waals surface area contributed by atoms with Gasteiger partial charge in [0.25, 0.3) is 0 Å². The van der Waals surface area contributed by atoms with Crippen LogP contribution in [0.4, 0.5) is 0 Å². The zero-order chi connectivity index (χ0) is 6.91. The van der Waals surface area contributed by atoms with Crippen molar-refractivity contribution in [3.05, 3.63) is 0 Å². The summed E-state index contributed by atoms with van der Waals surface area (Å²) >= 11 is 0. The van der Waals surface area contributed by atoms with Crippen LogP contribution in [0.15, 0.2) is 0 Å². The van der Waals surface area contributed by atoms with Gasteiger partial charge in [-0.05, 0) is 19.8 Å². The maximum Gasteiger partial charge on any atom is 0.0716 e. The number of nitrogens with two attached hydrogens (primary N) is 1. The molecule has 0 spiro atoms. The highest BCUT2D eigenvalue weighted by molar-refractivity contribution is 4.89. The average molecular weight is 129 g/mol. The second kappa shape index (κ2) is 2.27. The number of rotatable bonds is 0. The van der Waals surface area contributed by atoms with Crippen LogP contribution in [0.5, 0.6) is 0 Å². The van der Waals surface area contributed by atoms with Crippen LogP contribution in [0.3, 0.4) is 0 Å². The van der Waals surface area contributed by atoms with Gasteiger partial charge in [-0.3, -0.25) is 0 Å². The van der Waals surface area contributed by atoms with Gasteiger partial charge in [0.05, 0.1) is 6.10 Å². The fraction of sp³-hybridized carbons (Fsp3) is 1.00. The zero-order valence-corrected chi connectivity index (χ0v) is 5.93. The van der Waals surface area contributed by atoms with Crippen molar-refractivity contribution < 1.29 is 5.11 Å². The van der Waals surface area contributed by atoms with E-state index in [1.165, 1.54) is 6.42 Å². The van der Waals surface area contributed by atoms with E-state index < -0.39 is 0 Å². The molecule has 2 nitrogen and oxygen atoms in total. The monoisotopic (exact) mass is 129 g/mol. The molecule has 2 heteroatoms. The first-order valence-electron chi connectivity index (χ1n) is 3.60. The van der Waals surface area contributed by atoms with Crippen molar-refractivity contribution in [2.24, 2.45) is 5.73 Å². The molecule has 0 aromatic heterocycles. The summed E-state index contributed by atoms with van der Waals surface area (Å²) in [4.78, 5) is 0. The van der Waals surface area contributed by atoms with Gasteiger partial charge in [0.2, 0.25) is 0 Å². The van der Waals surface area contributed by atoms with E-state index in [1.807, 2.05) is 6.92 Å². The highest BCUT2D eigenvalue weighted by Crippen LogP contribution is 2.25. The van der Waals surface area contributed by atoms with Crippen LogP contribution < -0.4 is 5.73 Å². The third kappa shape index (κ3) is 1.43. The lowest BCUT2D eigenvalue weighted by Gasteiger charge is -2.34. The first-order chi connectivity index (χ1) is 4.13. The molecular weight excluding hydrogens is 114 g/mol. The van der Waals surface area contributed by atoms with E-state index in [-0.39, 0.29) is 11.6 Å². The predicted octanol–water partition coefficient (Wildman–Crippen LogP) is 0.639. The highest BCUT2D eigenvalue weighted by Gasteiger charge is 2.30. The minimum Gasteiger partial charge on any atom is -0.391 e. The van der Waals surface area contributed by atoms with Crippen molar-refractivity contribution in [1.29, 1.82) is 0 Å². The van der Waals surface area contributed by atoms with Crippen LogP contribution >= 0.6 is 0 Å². The van der Waals surface area contributed by atoms with E-state index in [2.05, 4.69) is 0 Å². The molecule has 3 N–H and O–H groups in total. The molecule has 0 amide bonds. The van der Waals surface area contributed by atoms with E-state index in [4.69, 9.17) is 5.73 Å². The fourth-order valence-electron chi connectivity index (χ4n) is 1.34. The molecule has 2 atom stereocenters. The molecule has 0 aromatic rings. The van der Waals surface area contributed by atoms with Gasteiger partial charge in [0.15, 0.2) is 0 Å². The molecule has 9 heavy (non-hydrogen) atoms. The molecule has 0 bridgehead atoms. The SMILES string of the molecule is C[C@]1(N)CCCC[C@H]1O. The Hall–Kier alpha value is -0.0800. The summed E-state index contributed by atoms with van der Waals surface area (Å²) in [6.45, 7) is 1.93. The number of hydrogen-bond acceptors (Lipinski definition) is 2. The predicted molar refractivity (Wildman–Crippen MR) is 37.1 cm³/mol. The topological polar surface area (TPSA) is 46.2 Å². The summed E-state index contributed by atoms with van der Waals surface area (Å²) in [5.74, 6) is 0. The van der Waals surface area contributed by atoms with E-state index in [1.54, 1.807) is 0 Å². The molecular formula is C7H15NO. The van der Waals surface area contributed by atoms with Crippen LogP contribution in [0.1, 0.15) is 32.6 Å². The lowest BCUT2D eigenvalue weighted by molar-refractivity contribution is 0.0571. The Morgan fingerprint density at radius 1 is 1.56 bits per heavy atom. The summed E-state index contributed by atoms with van der Waals surface area (Å²) in [6, 6.07) is 0. The van der Waals surface area contributed by atoms with Gasteiger partial charge < -0.3 is 10.8 Å². The number of aliphatic hydroxyl groups excluding tert-OH is 1. The quantitative estimate of drug-likeness (QED) is 0.504. The molecule has 0 aliphatic heterocycles. The largest absolute Gasteiger partial charge is 0.391 e. The van der Waals surface area contributed by atoms with Gasteiger partial charge in [-0.2, -0.15) is 0 Å². The molecule has 0 heterocycles.